The number of carbonyl (C=O) groups excluding carboxylic acids is 1. The monoisotopic (exact) mass is 361 g/mol. The molecule has 4 aromatic rings. The molecule has 0 N–H and O–H groups in total. The van der Waals surface area contributed by atoms with Crippen molar-refractivity contribution in [3.63, 3.8) is 0 Å². The highest BCUT2D eigenvalue weighted by atomic mass is 16.2. The Balaban J connectivity index is 1.27. The highest BCUT2D eigenvalue weighted by Crippen LogP contribution is 2.18. The molecule has 1 aromatic carbocycles. The van der Waals surface area contributed by atoms with Crippen molar-refractivity contribution < 1.29 is 4.79 Å². The molecule has 8 heteroatoms. The first-order valence-electron chi connectivity index (χ1n) is 9.01. The van der Waals surface area contributed by atoms with Gasteiger partial charge in [-0.05, 0) is 23.6 Å². The van der Waals surface area contributed by atoms with E-state index in [0.29, 0.717) is 25.4 Å². The predicted molar refractivity (Wildman–Crippen MR) is 102 cm³/mol. The summed E-state index contributed by atoms with van der Waals surface area (Å²) in [5.74, 6) is 1.75. The third-order valence-electron chi connectivity index (χ3n) is 5.13. The molecule has 0 unspecified atom stereocenters. The molecule has 1 saturated heterocycles. The van der Waals surface area contributed by atoms with E-state index in [1.54, 1.807) is 12.5 Å². The largest absolute Gasteiger partial charge is 0.354 e. The van der Waals surface area contributed by atoms with Crippen LogP contribution in [0.4, 0.5) is 5.82 Å². The van der Waals surface area contributed by atoms with Crippen molar-refractivity contribution in [2.45, 2.75) is 6.54 Å². The van der Waals surface area contributed by atoms with Gasteiger partial charge in [-0.3, -0.25) is 9.20 Å². The number of piperazine rings is 1. The van der Waals surface area contributed by atoms with E-state index in [2.05, 4.69) is 26.1 Å². The summed E-state index contributed by atoms with van der Waals surface area (Å²) in [6.45, 7) is 3.32. The van der Waals surface area contributed by atoms with Gasteiger partial charge in [-0.25, -0.2) is 4.98 Å². The molecule has 136 valence electrons. The Labute approximate surface area is 155 Å². The fourth-order valence-corrected chi connectivity index (χ4v) is 3.70. The molecule has 1 fully saturated rings. The van der Waals surface area contributed by atoms with E-state index in [1.807, 2.05) is 50.4 Å². The van der Waals surface area contributed by atoms with E-state index in [9.17, 15) is 4.79 Å². The summed E-state index contributed by atoms with van der Waals surface area (Å²) in [5, 5.41) is 9.07. The number of hydrogen-bond acceptors (Lipinski definition) is 5. The Hall–Kier alpha value is -3.42. The minimum atomic E-state index is 0.153. The second kappa shape index (κ2) is 6.39. The van der Waals surface area contributed by atoms with Gasteiger partial charge in [0.1, 0.15) is 18.7 Å². The minimum absolute atomic E-state index is 0.153. The standard InChI is InChI=1S/C19H19N7O/c27-18(13-25-8-6-15-3-1-2-4-16(15)25)24-11-9-23(10-12-24)17-5-7-20-19-22-21-14-26(17)19/h1-8,14H,9-13H2. The molecule has 0 radical (unpaired) electrons. The van der Waals surface area contributed by atoms with Gasteiger partial charge in [-0.2, -0.15) is 0 Å². The number of aromatic nitrogens is 5. The molecule has 4 heterocycles. The van der Waals surface area contributed by atoms with Crippen LogP contribution in [0.2, 0.25) is 0 Å². The van der Waals surface area contributed by atoms with Gasteiger partial charge in [0.25, 0.3) is 5.78 Å². The zero-order valence-corrected chi connectivity index (χ0v) is 14.8. The summed E-state index contributed by atoms with van der Waals surface area (Å²) < 4.78 is 3.90. The number of amides is 1. The van der Waals surface area contributed by atoms with Crippen LogP contribution < -0.4 is 4.90 Å². The molecule has 3 aromatic heterocycles. The van der Waals surface area contributed by atoms with Gasteiger partial charge in [-0.1, -0.05) is 18.2 Å². The van der Waals surface area contributed by atoms with Gasteiger partial charge >= 0.3 is 0 Å². The van der Waals surface area contributed by atoms with Gasteiger partial charge in [0.15, 0.2) is 0 Å². The van der Waals surface area contributed by atoms with Crippen molar-refractivity contribution in [2.24, 2.45) is 0 Å². The van der Waals surface area contributed by atoms with Crippen LogP contribution in [0.1, 0.15) is 0 Å². The van der Waals surface area contributed by atoms with Crippen molar-refractivity contribution >= 4 is 28.4 Å². The molecular weight excluding hydrogens is 342 g/mol. The van der Waals surface area contributed by atoms with Crippen molar-refractivity contribution in [3.8, 4) is 0 Å². The van der Waals surface area contributed by atoms with Crippen molar-refractivity contribution in [1.82, 2.24) is 29.0 Å². The minimum Gasteiger partial charge on any atom is -0.354 e. The van der Waals surface area contributed by atoms with Gasteiger partial charge in [0.2, 0.25) is 5.91 Å². The highest BCUT2D eigenvalue weighted by Gasteiger charge is 2.23. The summed E-state index contributed by atoms with van der Waals surface area (Å²) in [7, 11) is 0. The zero-order valence-electron chi connectivity index (χ0n) is 14.8. The van der Waals surface area contributed by atoms with E-state index in [1.165, 1.54) is 0 Å². The molecule has 1 aliphatic heterocycles. The molecule has 0 aliphatic carbocycles. The average molecular weight is 361 g/mol. The molecule has 0 atom stereocenters. The Morgan fingerprint density at radius 2 is 1.89 bits per heavy atom. The Bertz CT molecular complexity index is 1110. The molecular formula is C19H19N7O. The summed E-state index contributed by atoms with van der Waals surface area (Å²) in [6.07, 6.45) is 5.40. The second-order valence-corrected chi connectivity index (χ2v) is 6.67. The van der Waals surface area contributed by atoms with Crippen LogP contribution in [0.5, 0.6) is 0 Å². The third kappa shape index (κ3) is 2.79. The maximum atomic E-state index is 12.8. The maximum absolute atomic E-state index is 12.8. The van der Waals surface area contributed by atoms with Crippen LogP contribution in [-0.2, 0) is 11.3 Å². The Morgan fingerprint density at radius 3 is 2.78 bits per heavy atom. The lowest BCUT2D eigenvalue weighted by Gasteiger charge is -2.36. The first-order chi connectivity index (χ1) is 13.3. The summed E-state index contributed by atoms with van der Waals surface area (Å²) >= 11 is 0. The highest BCUT2D eigenvalue weighted by molar-refractivity contribution is 5.83. The second-order valence-electron chi connectivity index (χ2n) is 6.67. The van der Waals surface area contributed by atoms with Crippen molar-refractivity contribution in [3.05, 3.63) is 55.1 Å². The van der Waals surface area contributed by atoms with Gasteiger partial charge in [0, 0.05) is 44.1 Å². The van der Waals surface area contributed by atoms with Crippen molar-refractivity contribution in [1.29, 1.82) is 0 Å². The van der Waals surface area contributed by atoms with E-state index in [0.717, 1.165) is 29.8 Å². The smallest absolute Gasteiger partial charge is 0.256 e. The van der Waals surface area contributed by atoms with Crippen LogP contribution in [0.3, 0.4) is 0 Å². The van der Waals surface area contributed by atoms with E-state index in [-0.39, 0.29) is 5.91 Å². The number of anilines is 1. The van der Waals surface area contributed by atoms with E-state index < -0.39 is 0 Å². The predicted octanol–water partition coefficient (Wildman–Crippen LogP) is 1.43. The average Bonchev–Trinajstić information content (AvgIpc) is 3.35. The molecule has 27 heavy (non-hydrogen) atoms. The van der Waals surface area contributed by atoms with Gasteiger partial charge in [-0.15, -0.1) is 10.2 Å². The van der Waals surface area contributed by atoms with Crippen LogP contribution in [0, 0.1) is 0 Å². The van der Waals surface area contributed by atoms with Crippen LogP contribution in [-0.4, -0.2) is 61.1 Å². The number of benzene rings is 1. The van der Waals surface area contributed by atoms with Gasteiger partial charge in [0.05, 0.1) is 0 Å². The fraction of sp³-hybridized carbons (Fsp3) is 0.263. The Morgan fingerprint density at radius 1 is 1.04 bits per heavy atom. The maximum Gasteiger partial charge on any atom is 0.256 e. The molecule has 1 aliphatic rings. The first kappa shape index (κ1) is 15.8. The molecule has 8 nitrogen and oxygen atoms in total. The number of para-hydroxylation sites is 1. The van der Waals surface area contributed by atoms with Gasteiger partial charge < -0.3 is 14.4 Å². The number of fused-ring (bicyclic) bond motifs is 2. The lowest BCUT2D eigenvalue weighted by molar-refractivity contribution is -0.132. The quantitative estimate of drug-likeness (QED) is 0.552. The number of carbonyl (C=O) groups is 1. The van der Waals surface area contributed by atoms with Crippen LogP contribution >= 0.6 is 0 Å². The lowest BCUT2D eigenvalue weighted by atomic mass is 10.2. The third-order valence-corrected chi connectivity index (χ3v) is 5.13. The van der Waals surface area contributed by atoms with Crippen LogP contribution in [0.15, 0.2) is 55.1 Å². The number of hydrogen-bond donors (Lipinski definition) is 0. The molecule has 5 rings (SSSR count). The molecule has 0 spiro atoms. The topological polar surface area (TPSA) is 71.6 Å². The number of rotatable bonds is 3. The van der Waals surface area contributed by atoms with Crippen LogP contribution in [0.25, 0.3) is 16.7 Å². The summed E-state index contributed by atoms with van der Waals surface area (Å²) in [5.41, 5.74) is 1.09. The molecule has 1 amide bonds. The summed E-state index contributed by atoms with van der Waals surface area (Å²) in [4.78, 5) is 21.2. The zero-order chi connectivity index (χ0) is 18.2. The fourth-order valence-electron chi connectivity index (χ4n) is 3.70. The van der Waals surface area contributed by atoms with E-state index >= 15 is 0 Å². The molecule has 0 bridgehead atoms. The summed E-state index contributed by atoms with van der Waals surface area (Å²) in [6, 6.07) is 12.1. The van der Waals surface area contributed by atoms with E-state index in [4.69, 9.17) is 0 Å². The normalized spacial score (nSPS) is 15.0. The Kier molecular flexibility index (Phi) is 3.74. The first-order valence-corrected chi connectivity index (χ1v) is 9.01. The number of nitrogens with zero attached hydrogens (tertiary/aromatic N) is 7. The lowest BCUT2D eigenvalue weighted by Crippen LogP contribution is -2.50. The van der Waals surface area contributed by atoms with Crippen molar-refractivity contribution in [2.75, 3.05) is 31.1 Å². The molecule has 0 saturated carbocycles. The SMILES string of the molecule is O=C(Cn1ccc2ccccc21)N1CCN(c2ccnc3nncn23)CC1.